The Balaban J connectivity index is 1.57. The smallest absolute Gasteiger partial charge is 0.256 e. The number of tetrazole rings is 1. The van der Waals surface area contributed by atoms with Gasteiger partial charge in [-0.25, -0.2) is 4.68 Å². The third-order valence-corrected chi connectivity index (χ3v) is 4.58. The van der Waals surface area contributed by atoms with Crippen LogP contribution in [0.15, 0.2) is 18.2 Å². The molecule has 8 heteroatoms. The van der Waals surface area contributed by atoms with Crippen LogP contribution in [0.4, 0.5) is 5.69 Å². The lowest BCUT2D eigenvalue weighted by Crippen LogP contribution is -2.44. The van der Waals surface area contributed by atoms with E-state index in [1.165, 1.54) is 0 Å². The van der Waals surface area contributed by atoms with Crippen molar-refractivity contribution in [1.82, 2.24) is 20.2 Å². The summed E-state index contributed by atoms with van der Waals surface area (Å²) in [6.07, 6.45) is 1.34. The number of anilines is 1. The van der Waals surface area contributed by atoms with Gasteiger partial charge >= 0.3 is 0 Å². The molecule has 8 nitrogen and oxygen atoms in total. The zero-order chi connectivity index (χ0) is 17.4. The van der Waals surface area contributed by atoms with E-state index in [-0.39, 0.29) is 12.0 Å². The van der Waals surface area contributed by atoms with E-state index in [4.69, 9.17) is 9.47 Å². The van der Waals surface area contributed by atoms with Crippen molar-refractivity contribution in [2.45, 2.75) is 44.9 Å². The maximum absolute atomic E-state index is 12.5. The number of carbonyl (C=O) groups excluding carboxylic acids is 1. The van der Waals surface area contributed by atoms with Gasteiger partial charge < -0.3 is 14.8 Å². The molecule has 1 aromatic carbocycles. The molecular weight excluding hydrogens is 322 g/mol. The number of nitrogens with one attached hydrogen (secondary N) is 1. The molecule has 0 radical (unpaired) electrons. The molecule has 2 atom stereocenters. The first-order valence-corrected chi connectivity index (χ1v) is 8.56. The lowest BCUT2D eigenvalue weighted by Gasteiger charge is -2.28. The SMILES string of the molecule is Cc1ccc(NC(=O)[C@H]2OCCO[C@H]2C)cc1-c1nnnn1C1CC1. The fraction of sp³-hybridized carbons (Fsp3) is 0.529. The first kappa shape index (κ1) is 16.2. The molecule has 1 aliphatic carbocycles. The van der Waals surface area contributed by atoms with E-state index in [1.807, 2.05) is 36.7 Å². The van der Waals surface area contributed by atoms with Gasteiger partial charge in [-0.1, -0.05) is 6.07 Å². The fourth-order valence-corrected chi connectivity index (χ4v) is 3.01. The van der Waals surface area contributed by atoms with Gasteiger partial charge in [0.05, 0.1) is 25.4 Å². The van der Waals surface area contributed by atoms with Crippen LogP contribution in [-0.2, 0) is 14.3 Å². The minimum absolute atomic E-state index is 0.205. The summed E-state index contributed by atoms with van der Waals surface area (Å²) in [6, 6.07) is 6.12. The molecule has 1 aromatic heterocycles. The van der Waals surface area contributed by atoms with E-state index < -0.39 is 6.10 Å². The zero-order valence-corrected chi connectivity index (χ0v) is 14.3. The number of amides is 1. The molecule has 1 amide bonds. The van der Waals surface area contributed by atoms with Crippen LogP contribution >= 0.6 is 0 Å². The van der Waals surface area contributed by atoms with Gasteiger partial charge in [0.15, 0.2) is 11.9 Å². The van der Waals surface area contributed by atoms with Crippen molar-refractivity contribution in [3.8, 4) is 11.4 Å². The number of hydrogen-bond acceptors (Lipinski definition) is 6. The summed E-state index contributed by atoms with van der Waals surface area (Å²) in [4.78, 5) is 12.5. The normalized spacial score (nSPS) is 23.4. The molecule has 1 N–H and O–H groups in total. The number of hydrogen-bond donors (Lipinski definition) is 1. The van der Waals surface area contributed by atoms with E-state index >= 15 is 0 Å². The predicted octanol–water partition coefficient (Wildman–Crippen LogP) is 1.73. The molecule has 2 aromatic rings. The maximum Gasteiger partial charge on any atom is 0.256 e. The van der Waals surface area contributed by atoms with Gasteiger partial charge in [0.25, 0.3) is 5.91 Å². The largest absolute Gasteiger partial charge is 0.373 e. The molecular formula is C17H21N5O3. The van der Waals surface area contributed by atoms with Gasteiger partial charge in [-0.05, 0) is 54.8 Å². The third kappa shape index (κ3) is 3.27. The molecule has 25 heavy (non-hydrogen) atoms. The van der Waals surface area contributed by atoms with Gasteiger partial charge in [0.1, 0.15) is 0 Å². The lowest BCUT2D eigenvalue weighted by molar-refractivity contribution is -0.157. The average molecular weight is 343 g/mol. The van der Waals surface area contributed by atoms with Crippen LogP contribution < -0.4 is 5.32 Å². The molecule has 1 aliphatic heterocycles. The number of aryl methyl sites for hydroxylation is 1. The Morgan fingerprint density at radius 1 is 1.28 bits per heavy atom. The Bertz CT molecular complexity index is 786. The van der Waals surface area contributed by atoms with Crippen molar-refractivity contribution in [3.05, 3.63) is 23.8 Å². The van der Waals surface area contributed by atoms with E-state index in [0.717, 1.165) is 29.8 Å². The van der Waals surface area contributed by atoms with Crippen molar-refractivity contribution in [2.75, 3.05) is 18.5 Å². The first-order chi connectivity index (χ1) is 12.1. The Kier molecular flexibility index (Phi) is 4.22. The van der Waals surface area contributed by atoms with E-state index in [2.05, 4.69) is 20.8 Å². The van der Waals surface area contributed by atoms with Crippen molar-refractivity contribution in [3.63, 3.8) is 0 Å². The second-order valence-corrected chi connectivity index (χ2v) is 6.56. The first-order valence-electron chi connectivity index (χ1n) is 8.56. The molecule has 1 saturated heterocycles. The van der Waals surface area contributed by atoms with Gasteiger partial charge in [-0.2, -0.15) is 0 Å². The minimum atomic E-state index is -0.602. The predicted molar refractivity (Wildman–Crippen MR) is 90.0 cm³/mol. The van der Waals surface area contributed by atoms with E-state index in [1.54, 1.807) is 0 Å². The van der Waals surface area contributed by atoms with Crippen LogP contribution in [0.1, 0.15) is 31.4 Å². The van der Waals surface area contributed by atoms with Gasteiger partial charge in [0.2, 0.25) is 0 Å². The quantitative estimate of drug-likeness (QED) is 0.909. The number of ether oxygens (including phenoxy) is 2. The highest BCUT2D eigenvalue weighted by Crippen LogP contribution is 2.37. The van der Waals surface area contributed by atoms with Crippen LogP contribution in [0.3, 0.4) is 0 Å². The summed E-state index contributed by atoms with van der Waals surface area (Å²) in [5.41, 5.74) is 2.67. The Labute approximate surface area is 145 Å². The highest BCUT2D eigenvalue weighted by Gasteiger charge is 2.31. The molecule has 0 unspecified atom stereocenters. The Hall–Kier alpha value is -2.32. The summed E-state index contributed by atoms with van der Waals surface area (Å²) in [7, 11) is 0. The number of rotatable bonds is 4. The standard InChI is InChI=1S/C17H21N5O3/c1-10-3-4-12(18-17(23)15-11(2)24-7-8-25-15)9-14(10)16-19-20-21-22(16)13-5-6-13/h3-4,9,11,13,15H,5-8H2,1-2H3,(H,18,23)/t11-,15-/m0/s1. The van der Waals surface area contributed by atoms with E-state index in [0.29, 0.717) is 24.9 Å². The van der Waals surface area contributed by atoms with Crippen LogP contribution in [0.2, 0.25) is 0 Å². The van der Waals surface area contributed by atoms with Crippen molar-refractivity contribution < 1.29 is 14.3 Å². The highest BCUT2D eigenvalue weighted by atomic mass is 16.6. The fourth-order valence-electron chi connectivity index (χ4n) is 3.01. The van der Waals surface area contributed by atoms with Crippen molar-refractivity contribution in [1.29, 1.82) is 0 Å². The lowest BCUT2D eigenvalue weighted by atomic mass is 10.1. The van der Waals surface area contributed by atoms with Crippen molar-refractivity contribution in [2.24, 2.45) is 0 Å². The molecule has 0 bridgehead atoms. The number of carbonyl (C=O) groups is 1. The Morgan fingerprint density at radius 3 is 2.84 bits per heavy atom. The topological polar surface area (TPSA) is 91.2 Å². The number of aromatic nitrogens is 4. The van der Waals surface area contributed by atoms with Gasteiger partial charge in [-0.15, -0.1) is 5.10 Å². The van der Waals surface area contributed by atoms with Gasteiger partial charge in [-0.3, -0.25) is 4.79 Å². The summed E-state index contributed by atoms with van der Waals surface area (Å²) in [5.74, 6) is 0.533. The second kappa shape index (κ2) is 6.53. The summed E-state index contributed by atoms with van der Waals surface area (Å²) in [5, 5.41) is 15.0. The van der Waals surface area contributed by atoms with Crippen LogP contribution in [-0.4, -0.2) is 51.5 Å². The Morgan fingerprint density at radius 2 is 2.08 bits per heavy atom. The summed E-state index contributed by atoms with van der Waals surface area (Å²) in [6.45, 7) is 4.79. The summed E-state index contributed by atoms with van der Waals surface area (Å²) >= 11 is 0. The zero-order valence-electron chi connectivity index (χ0n) is 14.3. The van der Waals surface area contributed by atoms with E-state index in [9.17, 15) is 4.79 Å². The molecule has 4 rings (SSSR count). The number of benzene rings is 1. The molecule has 1 saturated carbocycles. The second-order valence-electron chi connectivity index (χ2n) is 6.56. The molecule has 0 spiro atoms. The highest BCUT2D eigenvalue weighted by molar-refractivity contribution is 5.95. The van der Waals surface area contributed by atoms with Crippen LogP contribution in [0, 0.1) is 6.92 Å². The van der Waals surface area contributed by atoms with Gasteiger partial charge in [0, 0.05) is 11.3 Å². The molecule has 2 aliphatic rings. The van der Waals surface area contributed by atoms with Crippen LogP contribution in [0.5, 0.6) is 0 Å². The third-order valence-electron chi connectivity index (χ3n) is 4.58. The average Bonchev–Trinajstić information content (AvgIpc) is 3.34. The minimum Gasteiger partial charge on any atom is -0.373 e. The summed E-state index contributed by atoms with van der Waals surface area (Å²) < 4.78 is 12.9. The monoisotopic (exact) mass is 343 g/mol. The molecule has 132 valence electrons. The number of nitrogens with zero attached hydrogens (tertiary/aromatic N) is 4. The van der Waals surface area contributed by atoms with Crippen molar-refractivity contribution >= 4 is 11.6 Å². The molecule has 2 fully saturated rings. The van der Waals surface area contributed by atoms with Crippen LogP contribution in [0.25, 0.3) is 11.4 Å². The molecule has 2 heterocycles. The maximum atomic E-state index is 12.5.